The van der Waals surface area contributed by atoms with Gasteiger partial charge in [-0.15, -0.1) is 0 Å². The molecule has 2 heteroatoms. The van der Waals surface area contributed by atoms with Crippen molar-refractivity contribution in [3.05, 3.63) is 54.6 Å². The van der Waals surface area contributed by atoms with Gasteiger partial charge in [0.2, 0.25) is 0 Å². The minimum atomic E-state index is 0.963. The van der Waals surface area contributed by atoms with Crippen LogP contribution in [0.2, 0.25) is 0 Å². The van der Waals surface area contributed by atoms with Gasteiger partial charge in [-0.1, -0.05) is 42.5 Å². The Morgan fingerprint density at radius 3 is 2.22 bits per heavy atom. The van der Waals surface area contributed by atoms with Crippen LogP contribution in [0, 0.1) is 0 Å². The summed E-state index contributed by atoms with van der Waals surface area (Å²) >= 11 is 0. The molecule has 0 atom stereocenters. The molecule has 1 N–H and O–H groups in total. The van der Waals surface area contributed by atoms with Crippen LogP contribution in [-0.2, 0) is 0 Å². The second kappa shape index (κ2) is 5.05. The second-order valence-corrected chi connectivity index (χ2v) is 4.50. The van der Waals surface area contributed by atoms with Crippen molar-refractivity contribution in [2.45, 2.75) is 12.8 Å². The van der Waals surface area contributed by atoms with Crippen LogP contribution in [0.5, 0.6) is 0 Å². The third-order valence-corrected chi connectivity index (χ3v) is 3.16. The molecule has 0 unspecified atom stereocenters. The number of hydrogen-bond donors (Lipinski definition) is 1. The summed E-state index contributed by atoms with van der Waals surface area (Å²) in [6.07, 6.45) is 2.24. The van der Waals surface area contributed by atoms with E-state index in [1.54, 1.807) is 0 Å². The molecule has 1 heterocycles. The molecule has 0 bridgehead atoms. The minimum Gasteiger partial charge on any atom is -0.344 e. The fourth-order valence-corrected chi connectivity index (χ4v) is 2.18. The molecule has 0 saturated heterocycles. The Labute approximate surface area is 107 Å². The monoisotopic (exact) mass is 236 g/mol. The van der Waals surface area contributed by atoms with Crippen LogP contribution in [0.25, 0.3) is 11.1 Å². The average Bonchev–Trinajstić information content (AvgIpc) is 2.94. The fourth-order valence-electron chi connectivity index (χ4n) is 2.18. The molecule has 3 rings (SSSR count). The van der Waals surface area contributed by atoms with E-state index in [2.05, 4.69) is 58.8 Å². The van der Waals surface area contributed by atoms with E-state index in [-0.39, 0.29) is 0 Å². The van der Waals surface area contributed by atoms with E-state index in [4.69, 9.17) is 0 Å². The molecule has 0 amide bonds. The Kier molecular flexibility index (Phi) is 3.09. The summed E-state index contributed by atoms with van der Waals surface area (Å²) < 4.78 is 0. The third kappa shape index (κ3) is 2.43. The molecule has 0 spiro atoms. The molecule has 0 fully saturated rings. The number of aliphatic imine (C=N–C) groups is 1. The van der Waals surface area contributed by atoms with Gasteiger partial charge >= 0.3 is 0 Å². The van der Waals surface area contributed by atoms with Crippen molar-refractivity contribution in [3.63, 3.8) is 0 Å². The van der Waals surface area contributed by atoms with E-state index in [1.165, 1.54) is 17.5 Å². The summed E-state index contributed by atoms with van der Waals surface area (Å²) in [6.45, 7) is 0.963. The number of anilines is 1. The SMILES string of the molecule is c1ccc(-c2ccc(NC3=NCCC3)cc2)cc1. The van der Waals surface area contributed by atoms with E-state index in [1.807, 2.05) is 6.07 Å². The molecule has 0 radical (unpaired) electrons. The van der Waals surface area contributed by atoms with Gasteiger partial charge < -0.3 is 5.32 Å². The molecule has 1 aliphatic rings. The molecule has 90 valence electrons. The van der Waals surface area contributed by atoms with Crippen molar-refractivity contribution >= 4 is 11.5 Å². The molecule has 0 saturated carbocycles. The Balaban J connectivity index is 1.77. The van der Waals surface area contributed by atoms with Crippen LogP contribution in [-0.4, -0.2) is 12.4 Å². The number of amidine groups is 1. The van der Waals surface area contributed by atoms with E-state index in [0.717, 1.165) is 24.5 Å². The first-order valence-electron chi connectivity index (χ1n) is 6.38. The summed E-state index contributed by atoms with van der Waals surface area (Å²) in [7, 11) is 0. The van der Waals surface area contributed by atoms with Gasteiger partial charge in [-0.3, -0.25) is 4.99 Å². The average molecular weight is 236 g/mol. The summed E-state index contributed by atoms with van der Waals surface area (Å²) in [6, 6.07) is 18.9. The van der Waals surface area contributed by atoms with Crippen LogP contribution in [0.1, 0.15) is 12.8 Å². The van der Waals surface area contributed by atoms with Gasteiger partial charge in [0, 0.05) is 18.7 Å². The first kappa shape index (κ1) is 11.0. The Hall–Kier alpha value is -2.09. The largest absolute Gasteiger partial charge is 0.344 e. The normalized spacial score (nSPS) is 14.3. The van der Waals surface area contributed by atoms with Crippen LogP contribution in [0.3, 0.4) is 0 Å². The van der Waals surface area contributed by atoms with Crippen molar-refractivity contribution in [2.24, 2.45) is 4.99 Å². The first-order chi connectivity index (χ1) is 8.92. The van der Waals surface area contributed by atoms with E-state index in [9.17, 15) is 0 Å². The van der Waals surface area contributed by atoms with Crippen molar-refractivity contribution in [2.75, 3.05) is 11.9 Å². The first-order valence-corrected chi connectivity index (χ1v) is 6.38. The smallest absolute Gasteiger partial charge is 0.101 e. The molecule has 0 aliphatic carbocycles. The summed E-state index contributed by atoms with van der Waals surface area (Å²) in [5, 5.41) is 3.37. The zero-order chi connectivity index (χ0) is 12.2. The van der Waals surface area contributed by atoms with Gasteiger partial charge in [0.05, 0.1) is 0 Å². The molecular weight excluding hydrogens is 220 g/mol. The quantitative estimate of drug-likeness (QED) is 0.838. The van der Waals surface area contributed by atoms with Crippen molar-refractivity contribution in [1.82, 2.24) is 0 Å². The Morgan fingerprint density at radius 1 is 0.833 bits per heavy atom. The molecule has 2 nitrogen and oxygen atoms in total. The maximum Gasteiger partial charge on any atom is 0.101 e. The molecule has 0 aromatic heterocycles. The molecule has 18 heavy (non-hydrogen) atoms. The van der Waals surface area contributed by atoms with E-state index in [0.29, 0.717) is 0 Å². The highest BCUT2D eigenvalue weighted by atomic mass is 15.0. The molecule has 1 aliphatic heterocycles. The van der Waals surface area contributed by atoms with Gasteiger partial charge in [0.1, 0.15) is 5.84 Å². The summed E-state index contributed by atoms with van der Waals surface area (Å²) in [5.74, 6) is 1.11. The number of hydrogen-bond acceptors (Lipinski definition) is 2. The molecule has 2 aromatic rings. The van der Waals surface area contributed by atoms with Crippen LogP contribution >= 0.6 is 0 Å². The topological polar surface area (TPSA) is 24.4 Å². The maximum atomic E-state index is 4.42. The highest BCUT2D eigenvalue weighted by Crippen LogP contribution is 2.21. The summed E-state index contributed by atoms with van der Waals surface area (Å²) in [4.78, 5) is 4.42. The zero-order valence-electron chi connectivity index (χ0n) is 10.3. The standard InChI is InChI=1S/C16H16N2/c1-2-5-13(6-3-1)14-8-10-15(11-9-14)18-16-7-4-12-17-16/h1-3,5-6,8-11H,4,7,12H2,(H,17,18). The second-order valence-electron chi connectivity index (χ2n) is 4.50. The van der Waals surface area contributed by atoms with Gasteiger partial charge in [0.15, 0.2) is 0 Å². The lowest BCUT2D eigenvalue weighted by Crippen LogP contribution is -2.07. The maximum absolute atomic E-state index is 4.42. The van der Waals surface area contributed by atoms with Crippen LogP contribution in [0.4, 0.5) is 5.69 Å². The number of nitrogens with zero attached hydrogens (tertiary/aromatic N) is 1. The van der Waals surface area contributed by atoms with Gasteiger partial charge in [-0.05, 0) is 29.7 Å². The number of benzene rings is 2. The highest BCUT2D eigenvalue weighted by molar-refractivity contribution is 5.96. The Bertz CT molecular complexity index is 541. The lowest BCUT2D eigenvalue weighted by molar-refractivity contribution is 0.951. The fraction of sp³-hybridized carbons (Fsp3) is 0.188. The van der Waals surface area contributed by atoms with Crippen LogP contribution < -0.4 is 5.32 Å². The van der Waals surface area contributed by atoms with Gasteiger partial charge in [-0.2, -0.15) is 0 Å². The predicted octanol–water partition coefficient (Wildman–Crippen LogP) is 3.96. The van der Waals surface area contributed by atoms with Gasteiger partial charge in [-0.25, -0.2) is 0 Å². The zero-order valence-corrected chi connectivity index (χ0v) is 10.3. The number of nitrogens with one attached hydrogen (secondary N) is 1. The number of rotatable bonds is 2. The Morgan fingerprint density at radius 2 is 1.56 bits per heavy atom. The highest BCUT2D eigenvalue weighted by Gasteiger charge is 2.05. The molecular formula is C16H16N2. The van der Waals surface area contributed by atoms with E-state index >= 15 is 0 Å². The summed E-state index contributed by atoms with van der Waals surface area (Å²) in [5.41, 5.74) is 3.62. The predicted molar refractivity (Wildman–Crippen MR) is 77.0 cm³/mol. The van der Waals surface area contributed by atoms with E-state index < -0.39 is 0 Å². The van der Waals surface area contributed by atoms with Gasteiger partial charge in [0.25, 0.3) is 0 Å². The van der Waals surface area contributed by atoms with Crippen LogP contribution in [0.15, 0.2) is 59.6 Å². The van der Waals surface area contributed by atoms with Crippen molar-refractivity contribution in [1.29, 1.82) is 0 Å². The lowest BCUT2D eigenvalue weighted by Gasteiger charge is -2.07. The van der Waals surface area contributed by atoms with Crippen molar-refractivity contribution < 1.29 is 0 Å². The lowest BCUT2D eigenvalue weighted by atomic mass is 10.1. The third-order valence-electron chi connectivity index (χ3n) is 3.16. The molecule has 2 aromatic carbocycles. The minimum absolute atomic E-state index is 0.963. The van der Waals surface area contributed by atoms with Crippen molar-refractivity contribution in [3.8, 4) is 11.1 Å².